The monoisotopic (exact) mass is 285 g/mol. The van der Waals surface area contributed by atoms with Gasteiger partial charge in [-0.05, 0) is 24.3 Å². The summed E-state index contributed by atoms with van der Waals surface area (Å²) >= 11 is 0. The zero-order chi connectivity index (χ0) is 15.2. The van der Waals surface area contributed by atoms with Crippen molar-refractivity contribution < 1.29 is 4.74 Å². The molecule has 0 radical (unpaired) electrons. The average Bonchev–Trinajstić information content (AvgIpc) is 2.52. The summed E-state index contributed by atoms with van der Waals surface area (Å²) in [6.45, 7) is 5.04. The molecule has 0 aliphatic carbocycles. The summed E-state index contributed by atoms with van der Waals surface area (Å²) in [7, 11) is 3.73. The summed E-state index contributed by atoms with van der Waals surface area (Å²) in [6, 6.07) is 12.6. The lowest BCUT2D eigenvalue weighted by molar-refractivity contribution is 0.415. The Morgan fingerprint density at radius 2 is 1.95 bits per heavy atom. The van der Waals surface area contributed by atoms with Crippen LogP contribution in [0.15, 0.2) is 42.6 Å². The highest BCUT2D eigenvalue weighted by Crippen LogP contribution is 2.26. The molecule has 0 aliphatic heterocycles. The van der Waals surface area contributed by atoms with Crippen LogP contribution in [0, 0.1) is 0 Å². The first kappa shape index (κ1) is 15.3. The van der Waals surface area contributed by atoms with Gasteiger partial charge in [-0.1, -0.05) is 19.9 Å². The highest BCUT2D eigenvalue weighted by Gasteiger charge is 2.06. The van der Waals surface area contributed by atoms with Crippen LogP contribution in [-0.2, 0) is 6.54 Å². The molecule has 4 heteroatoms. The van der Waals surface area contributed by atoms with Crippen molar-refractivity contribution in [2.24, 2.45) is 0 Å². The third-order valence-electron chi connectivity index (χ3n) is 3.32. The Labute approximate surface area is 126 Å². The highest BCUT2D eigenvalue weighted by molar-refractivity contribution is 5.63. The SMILES string of the molecule is COc1cccc(N(C)c2ccnc(CNC(C)C)c2)c1. The van der Waals surface area contributed by atoms with Gasteiger partial charge in [0.15, 0.2) is 0 Å². The second-order valence-electron chi connectivity index (χ2n) is 5.30. The van der Waals surface area contributed by atoms with Gasteiger partial charge in [-0.2, -0.15) is 0 Å². The molecule has 0 bridgehead atoms. The molecule has 0 fully saturated rings. The fraction of sp³-hybridized carbons (Fsp3) is 0.353. The molecule has 0 atom stereocenters. The zero-order valence-electron chi connectivity index (χ0n) is 13.1. The minimum atomic E-state index is 0.451. The smallest absolute Gasteiger partial charge is 0.120 e. The molecule has 1 aromatic carbocycles. The van der Waals surface area contributed by atoms with Crippen LogP contribution in [-0.4, -0.2) is 25.2 Å². The molecule has 0 saturated carbocycles. The summed E-state index contributed by atoms with van der Waals surface area (Å²) in [6.07, 6.45) is 1.85. The molecule has 0 spiro atoms. The van der Waals surface area contributed by atoms with Gasteiger partial charge in [-0.15, -0.1) is 0 Å². The largest absolute Gasteiger partial charge is 0.497 e. The van der Waals surface area contributed by atoms with Gasteiger partial charge in [-0.3, -0.25) is 4.98 Å². The van der Waals surface area contributed by atoms with E-state index in [9.17, 15) is 0 Å². The van der Waals surface area contributed by atoms with Crippen molar-refractivity contribution in [1.82, 2.24) is 10.3 Å². The molecule has 21 heavy (non-hydrogen) atoms. The van der Waals surface area contributed by atoms with Crippen molar-refractivity contribution in [3.05, 3.63) is 48.3 Å². The quantitative estimate of drug-likeness (QED) is 0.883. The normalized spacial score (nSPS) is 10.7. The van der Waals surface area contributed by atoms with Crippen LogP contribution in [0.5, 0.6) is 5.75 Å². The molecule has 0 aliphatic rings. The molecule has 1 aromatic heterocycles. The van der Waals surface area contributed by atoms with E-state index >= 15 is 0 Å². The topological polar surface area (TPSA) is 37.4 Å². The van der Waals surface area contributed by atoms with E-state index < -0.39 is 0 Å². The molecular formula is C17H23N3O. The Morgan fingerprint density at radius 3 is 2.67 bits per heavy atom. The molecular weight excluding hydrogens is 262 g/mol. The Hall–Kier alpha value is -2.07. The van der Waals surface area contributed by atoms with Crippen molar-refractivity contribution in [3.8, 4) is 5.75 Å². The van der Waals surface area contributed by atoms with Gasteiger partial charge in [0.2, 0.25) is 0 Å². The number of nitrogens with zero attached hydrogens (tertiary/aromatic N) is 2. The number of methoxy groups -OCH3 is 1. The van der Waals surface area contributed by atoms with Gasteiger partial charge in [0.05, 0.1) is 12.8 Å². The number of nitrogens with one attached hydrogen (secondary N) is 1. The van der Waals surface area contributed by atoms with Crippen LogP contribution >= 0.6 is 0 Å². The van der Waals surface area contributed by atoms with Crippen molar-refractivity contribution in [2.75, 3.05) is 19.1 Å². The van der Waals surface area contributed by atoms with Gasteiger partial charge in [0.25, 0.3) is 0 Å². The number of aromatic nitrogens is 1. The van der Waals surface area contributed by atoms with E-state index in [2.05, 4.69) is 41.2 Å². The molecule has 4 nitrogen and oxygen atoms in total. The van der Waals surface area contributed by atoms with Gasteiger partial charge >= 0.3 is 0 Å². The van der Waals surface area contributed by atoms with Crippen molar-refractivity contribution in [1.29, 1.82) is 0 Å². The number of pyridine rings is 1. The van der Waals surface area contributed by atoms with Crippen LogP contribution in [0.25, 0.3) is 0 Å². The van der Waals surface area contributed by atoms with E-state index in [4.69, 9.17) is 4.74 Å². The molecule has 0 unspecified atom stereocenters. The molecule has 1 heterocycles. The van der Waals surface area contributed by atoms with Crippen LogP contribution in [0.4, 0.5) is 11.4 Å². The molecule has 112 valence electrons. The summed E-state index contributed by atoms with van der Waals surface area (Å²) in [5.74, 6) is 0.857. The second-order valence-corrected chi connectivity index (χ2v) is 5.30. The predicted molar refractivity (Wildman–Crippen MR) is 87.3 cm³/mol. The summed E-state index contributed by atoms with van der Waals surface area (Å²) in [5.41, 5.74) is 3.23. The first-order chi connectivity index (χ1) is 10.1. The minimum absolute atomic E-state index is 0.451. The maximum Gasteiger partial charge on any atom is 0.120 e. The van der Waals surface area contributed by atoms with Crippen LogP contribution in [0.1, 0.15) is 19.5 Å². The van der Waals surface area contributed by atoms with Gasteiger partial charge in [0.1, 0.15) is 5.75 Å². The van der Waals surface area contributed by atoms with E-state index in [0.29, 0.717) is 6.04 Å². The van der Waals surface area contributed by atoms with Gasteiger partial charge in [0, 0.05) is 43.3 Å². The number of rotatable bonds is 6. The van der Waals surface area contributed by atoms with E-state index in [1.165, 1.54) is 0 Å². The number of hydrogen-bond acceptors (Lipinski definition) is 4. The minimum Gasteiger partial charge on any atom is -0.497 e. The number of anilines is 2. The predicted octanol–water partition coefficient (Wildman–Crippen LogP) is 3.36. The molecule has 2 rings (SSSR count). The maximum atomic E-state index is 5.28. The lowest BCUT2D eigenvalue weighted by Gasteiger charge is -2.20. The van der Waals surface area contributed by atoms with Gasteiger partial charge in [-0.25, -0.2) is 0 Å². The van der Waals surface area contributed by atoms with Crippen molar-refractivity contribution in [3.63, 3.8) is 0 Å². The third kappa shape index (κ3) is 4.20. The Morgan fingerprint density at radius 1 is 1.19 bits per heavy atom. The molecule has 2 aromatic rings. The van der Waals surface area contributed by atoms with E-state index in [-0.39, 0.29) is 0 Å². The highest BCUT2D eigenvalue weighted by atomic mass is 16.5. The Balaban J connectivity index is 2.18. The third-order valence-corrected chi connectivity index (χ3v) is 3.32. The van der Waals surface area contributed by atoms with Gasteiger partial charge < -0.3 is 15.0 Å². The van der Waals surface area contributed by atoms with Crippen LogP contribution < -0.4 is 15.0 Å². The van der Waals surface area contributed by atoms with E-state index in [1.807, 2.05) is 37.5 Å². The first-order valence-electron chi connectivity index (χ1n) is 7.16. The van der Waals surface area contributed by atoms with E-state index in [0.717, 1.165) is 29.4 Å². The first-order valence-corrected chi connectivity index (χ1v) is 7.16. The number of ether oxygens (including phenoxy) is 1. The lowest BCUT2D eigenvalue weighted by atomic mass is 10.2. The van der Waals surface area contributed by atoms with Crippen LogP contribution in [0.3, 0.4) is 0 Å². The molecule has 0 amide bonds. The number of benzene rings is 1. The Bertz CT molecular complexity index is 584. The lowest BCUT2D eigenvalue weighted by Crippen LogP contribution is -2.22. The average molecular weight is 285 g/mol. The number of hydrogen-bond donors (Lipinski definition) is 1. The standard InChI is InChI=1S/C17H23N3O/c1-13(2)19-12-14-10-16(8-9-18-14)20(3)15-6-5-7-17(11-15)21-4/h5-11,13,19H,12H2,1-4H3. The summed E-state index contributed by atoms with van der Waals surface area (Å²) < 4.78 is 5.28. The van der Waals surface area contributed by atoms with Crippen molar-refractivity contribution in [2.45, 2.75) is 26.4 Å². The van der Waals surface area contributed by atoms with Crippen LogP contribution in [0.2, 0.25) is 0 Å². The van der Waals surface area contributed by atoms with E-state index in [1.54, 1.807) is 7.11 Å². The fourth-order valence-corrected chi connectivity index (χ4v) is 2.05. The fourth-order valence-electron chi connectivity index (χ4n) is 2.05. The second kappa shape index (κ2) is 7.09. The molecule has 0 saturated heterocycles. The Kier molecular flexibility index (Phi) is 5.17. The molecule has 1 N–H and O–H groups in total. The van der Waals surface area contributed by atoms with Crippen molar-refractivity contribution >= 4 is 11.4 Å². The zero-order valence-corrected chi connectivity index (χ0v) is 13.1. The summed E-state index contributed by atoms with van der Waals surface area (Å²) in [5, 5.41) is 3.38. The maximum absolute atomic E-state index is 5.28. The summed E-state index contributed by atoms with van der Waals surface area (Å²) in [4.78, 5) is 6.54.